The predicted molar refractivity (Wildman–Crippen MR) is 67.7 cm³/mol. The van der Waals surface area contributed by atoms with Gasteiger partial charge in [-0.15, -0.1) is 0 Å². The van der Waals surface area contributed by atoms with Crippen molar-refractivity contribution < 1.29 is 13.9 Å². The van der Waals surface area contributed by atoms with Crippen molar-refractivity contribution in [3.05, 3.63) is 35.4 Å². The van der Waals surface area contributed by atoms with Gasteiger partial charge in [-0.2, -0.15) is 0 Å². The molecule has 1 atom stereocenters. The Kier molecular flexibility index (Phi) is 4.70. The second-order valence-electron chi connectivity index (χ2n) is 5.16. The smallest absolute Gasteiger partial charge is 0.245 e. The van der Waals surface area contributed by atoms with Crippen molar-refractivity contribution >= 4 is 0 Å². The van der Waals surface area contributed by atoms with Gasteiger partial charge in [0.2, 0.25) is 6.43 Å². The van der Waals surface area contributed by atoms with Gasteiger partial charge in [0.25, 0.3) is 0 Å². The lowest BCUT2D eigenvalue weighted by molar-refractivity contribution is 0.0742. The maximum atomic E-state index is 13.3. The van der Waals surface area contributed by atoms with Gasteiger partial charge in [-0.1, -0.05) is 43.5 Å². The van der Waals surface area contributed by atoms with E-state index >= 15 is 0 Å². The molecule has 1 unspecified atom stereocenters. The molecule has 1 nitrogen and oxygen atoms in total. The quantitative estimate of drug-likeness (QED) is 0.857. The molecule has 1 aromatic rings. The molecule has 100 valence electrons. The highest BCUT2D eigenvalue weighted by atomic mass is 19.3. The van der Waals surface area contributed by atoms with Gasteiger partial charge >= 0.3 is 0 Å². The van der Waals surface area contributed by atoms with Crippen LogP contribution in [0.3, 0.4) is 0 Å². The lowest BCUT2D eigenvalue weighted by atomic mass is 9.77. The molecule has 0 aliphatic heterocycles. The maximum Gasteiger partial charge on any atom is 0.245 e. The van der Waals surface area contributed by atoms with Gasteiger partial charge in [0, 0.05) is 5.92 Å². The average Bonchev–Trinajstić information content (AvgIpc) is 2.40. The highest BCUT2D eigenvalue weighted by Crippen LogP contribution is 2.39. The van der Waals surface area contributed by atoms with Crippen molar-refractivity contribution in [1.29, 1.82) is 0 Å². The Morgan fingerprint density at radius 1 is 1.17 bits per heavy atom. The monoisotopic (exact) mass is 254 g/mol. The van der Waals surface area contributed by atoms with Crippen LogP contribution in [-0.2, 0) is 6.61 Å². The summed E-state index contributed by atoms with van der Waals surface area (Å²) in [4.78, 5) is 0. The van der Waals surface area contributed by atoms with Crippen LogP contribution in [0.4, 0.5) is 8.78 Å². The van der Waals surface area contributed by atoms with Gasteiger partial charge < -0.3 is 5.11 Å². The molecule has 1 aliphatic carbocycles. The van der Waals surface area contributed by atoms with E-state index in [4.69, 9.17) is 5.11 Å². The summed E-state index contributed by atoms with van der Waals surface area (Å²) in [6, 6.07) is 7.03. The summed E-state index contributed by atoms with van der Waals surface area (Å²) in [6.45, 7) is -0.0888. The fourth-order valence-electron chi connectivity index (χ4n) is 3.02. The van der Waals surface area contributed by atoms with E-state index in [0.29, 0.717) is 11.1 Å². The molecule has 0 saturated heterocycles. The van der Waals surface area contributed by atoms with E-state index < -0.39 is 12.3 Å². The minimum Gasteiger partial charge on any atom is -0.392 e. The summed E-state index contributed by atoms with van der Waals surface area (Å²) in [5, 5.41) is 9.11. The number of rotatable bonds is 4. The Balaban J connectivity index is 2.22. The van der Waals surface area contributed by atoms with Crippen LogP contribution in [-0.4, -0.2) is 11.5 Å². The standard InChI is InChI=1S/C15H20F2O/c16-15(17)14(12-6-2-1-3-7-12)13-8-4-5-11(9-13)10-18/h4-5,8-9,12,14-15,18H,1-3,6-7,10H2. The Morgan fingerprint density at radius 3 is 2.50 bits per heavy atom. The topological polar surface area (TPSA) is 20.2 Å². The van der Waals surface area contributed by atoms with E-state index in [-0.39, 0.29) is 12.5 Å². The first-order chi connectivity index (χ1) is 8.72. The van der Waals surface area contributed by atoms with E-state index in [1.807, 2.05) is 0 Å². The molecular weight excluding hydrogens is 234 g/mol. The summed E-state index contributed by atoms with van der Waals surface area (Å²) in [5.41, 5.74) is 1.40. The highest BCUT2D eigenvalue weighted by molar-refractivity contribution is 5.27. The molecule has 0 bridgehead atoms. The van der Waals surface area contributed by atoms with Crippen molar-refractivity contribution in [3.63, 3.8) is 0 Å². The van der Waals surface area contributed by atoms with E-state index in [9.17, 15) is 8.78 Å². The predicted octanol–water partition coefficient (Wildman–Crippen LogP) is 4.11. The molecule has 0 heterocycles. The number of benzene rings is 1. The Bertz CT molecular complexity index is 373. The van der Waals surface area contributed by atoms with Crippen LogP contribution < -0.4 is 0 Å². The van der Waals surface area contributed by atoms with Crippen LogP contribution in [0.2, 0.25) is 0 Å². The summed E-state index contributed by atoms with van der Waals surface area (Å²) < 4.78 is 26.7. The zero-order valence-corrected chi connectivity index (χ0v) is 10.5. The van der Waals surface area contributed by atoms with Crippen molar-refractivity contribution in [3.8, 4) is 0 Å². The Morgan fingerprint density at radius 2 is 1.89 bits per heavy atom. The van der Waals surface area contributed by atoms with Crippen LogP contribution in [0.25, 0.3) is 0 Å². The third-order valence-electron chi connectivity index (χ3n) is 3.95. The van der Waals surface area contributed by atoms with Gasteiger partial charge in [-0.3, -0.25) is 0 Å². The zero-order valence-electron chi connectivity index (χ0n) is 10.5. The van der Waals surface area contributed by atoms with Gasteiger partial charge in [0.1, 0.15) is 0 Å². The fraction of sp³-hybridized carbons (Fsp3) is 0.600. The molecule has 1 saturated carbocycles. The van der Waals surface area contributed by atoms with Crippen LogP contribution in [0.1, 0.15) is 49.1 Å². The minimum absolute atomic E-state index is 0.0888. The van der Waals surface area contributed by atoms with Gasteiger partial charge in [0.15, 0.2) is 0 Å². The summed E-state index contributed by atoms with van der Waals surface area (Å²) in [6.07, 6.45) is 2.78. The first kappa shape index (κ1) is 13.5. The lowest BCUT2D eigenvalue weighted by Crippen LogP contribution is -2.22. The molecule has 3 heteroatoms. The molecule has 0 amide bonds. The first-order valence-electron chi connectivity index (χ1n) is 6.70. The van der Waals surface area contributed by atoms with Gasteiger partial charge in [0.05, 0.1) is 6.61 Å². The number of alkyl halides is 2. The van der Waals surface area contributed by atoms with E-state index in [2.05, 4.69) is 0 Å². The molecule has 1 fully saturated rings. The van der Waals surface area contributed by atoms with Crippen molar-refractivity contribution in [2.75, 3.05) is 0 Å². The zero-order chi connectivity index (χ0) is 13.0. The van der Waals surface area contributed by atoms with Gasteiger partial charge in [-0.25, -0.2) is 8.78 Å². The largest absolute Gasteiger partial charge is 0.392 e. The van der Waals surface area contributed by atoms with E-state index in [1.165, 1.54) is 6.42 Å². The third-order valence-corrected chi connectivity index (χ3v) is 3.95. The SMILES string of the molecule is OCc1cccc(C(C(F)F)C2CCCCC2)c1. The van der Waals surface area contributed by atoms with Crippen LogP contribution >= 0.6 is 0 Å². The number of halogens is 2. The van der Waals surface area contributed by atoms with E-state index in [1.54, 1.807) is 24.3 Å². The molecule has 0 aromatic heterocycles. The van der Waals surface area contributed by atoms with Crippen LogP contribution in [0.15, 0.2) is 24.3 Å². The van der Waals surface area contributed by atoms with Crippen molar-refractivity contribution in [2.45, 2.75) is 51.1 Å². The molecule has 2 rings (SSSR count). The van der Waals surface area contributed by atoms with Gasteiger partial charge in [-0.05, 0) is 29.9 Å². The second-order valence-corrected chi connectivity index (χ2v) is 5.16. The van der Waals surface area contributed by atoms with Crippen LogP contribution in [0, 0.1) is 5.92 Å². The summed E-state index contributed by atoms with van der Waals surface area (Å²) >= 11 is 0. The number of aliphatic hydroxyl groups is 1. The normalized spacial score (nSPS) is 19.1. The molecule has 0 spiro atoms. The van der Waals surface area contributed by atoms with Crippen molar-refractivity contribution in [1.82, 2.24) is 0 Å². The molecule has 18 heavy (non-hydrogen) atoms. The van der Waals surface area contributed by atoms with E-state index in [0.717, 1.165) is 25.7 Å². The second kappa shape index (κ2) is 6.28. The Labute approximate surface area is 107 Å². The molecule has 1 aliphatic rings. The maximum absolute atomic E-state index is 13.3. The fourth-order valence-corrected chi connectivity index (χ4v) is 3.02. The number of hydrogen-bond acceptors (Lipinski definition) is 1. The highest BCUT2D eigenvalue weighted by Gasteiger charge is 2.32. The van der Waals surface area contributed by atoms with Crippen LogP contribution in [0.5, 0.6) is 0 Å². The lowest BCUT2D eigenvalue weighted by Gasteiger charge is -2.30. The molecule has 1 N–H and O–H groups in total. The Hall–Kier alpha value is -0.960. The third kappa shape index (κ3) is 3.08. The minimum atomic E-state index is -2.32. The molecular formula is C15H20F2O. The average molecular weight is 254 g/mol. The molecule has 0 radical (unpaired) electrons. The summed E-state index contributed by atoms with van der Waals surface area (Å²) in [5.74, 6) is -0.579. The summed E-state index contributed by atoms with van der Waals surface area (Å²) in [7, 11) is 0. The number of hydrogen-bond donors (Lipinski definition) is 1. The molecule has 1 aromatic carbocycles. The number of aliphatic hydroxyl groups excluding tert-OH is 1. The van der Waals surface area contributed by atoms with Crippen molar-refractivity contribution in [2.24, 2.45) is 5.92 Å². The first-order valence-corrected chi connectivity index (χ1v) is 6.70.